The van der Waals surface area contributed by atoms with E-state index in [9.17, 15) is 18.0 Å². The largest absolute Gasteiger partial charge is 0.492 e. The summed E-state index contributed by atoms with van der Waals surface area (Å²) in [4.78, 5) is 24.6. The average Bonchev–Trinajstić information content (AvgIpc) is 3.32. The molecule has 3 aromatic rings. The van der Waals surface area contributed by atoms with Crippen molar-refractivity contribution in [2.75, 3.05) is 26.8 Å². The number of hydrogen-bond acceptors (Lipinski definition) is 5. The number of aromatic nitrogens is 3. The molecule has 10 heteroatoms. The highest BCUT2D eigenvalue weighted by Gasteiger charge is 2.33. The highest BCUT2D eigenvalue weighted by Crippen LogP contribution is 2.30. The van der Waals surface area contributed by atoms with Crippen LogP contribution in [0.15, 0.2) is 48.8 Å². The number of H-pyrrole nitrogens is 1. The third-order valence-corrected chi connectivity index (χ3v) is 5.25. The Morgan fingerprint density at radius 3 is 2.29 bits per heavy atom. The first-order valence-electron chi connectivity index (χ1n) is 10.7. The maximum Gasteiger partial charge on any atom is 0.432 e. The number of nitrogens with zero attached hydrogens (tertiary/aromatic N) is 3. The molecule has 0 aliphatic heterocycles. The molecule has 0 bridgehead atoms. The molecule has 2 aromatic heterocycles. The van der Waals surface area contributed by atoms with Crippen LogP contribution in [0.5, 0.6) is 5.75 Å². The van der Waals surface area contributed by atoms with Gasteiger partial charge in [0.25, 0.3) is 0 Å². The summed E-state index contributed by atoms with van der Waals surface area (Å²) in [6.07, 6.45) is -1.75. The molecule has 0 aliphatic rings. The third-order valence-electron chi connectivity index (χ3n) is 5.25. The van der Waals surface area contributed by atoms with E-state index >= 15 is 0 Å². The van der Waals surface area contributed by atoms with Crippen LogP contribution in [0.4, 0.5) is 13.2 Å². The van der Waals surface area contributed by atoms with Crippen LogP contribution in [0.25, 0.3) is 22.6 Å². The topological polar surface area (TPSA) is 91.3 Å². The molecule has 0 aliphatic carbocycles. The van der Waals surface area contributed by atoms with Crippen LogP contribution in [0, 0.1) is 5.41 Å². The Kier molecular flexibility index (Phi) is 7.61. The molecule has 0 spiro atoms. The number of pyridine rings is 1. The lowest BCUT2D eigenvalue weighted by atomic mass is 9.93. The van der Waals surface area contributed by atoms with Gasteiger partial charge in [0.05, 0.1) is 17.3 Å². The predicted molar refractivity (Wildman–Crippen MR) is 121 cm³/mol. The number of carbonyl (C=O) groups is 1. The smallest absolute Gasteiger partial charge is 0.432 e. The Morgan fingerprint density at radius 1 is 1.06 bits per heavy atom. The Labute approximate surface area is 195 Å². The zero-order valence-corrected chi connectivity index (χ0v) is 19.2. The lowest BCUT2D eigenvalue weighted by molar-refractivity contribution is -0.141. The fourth-order valence-electron chi connectivity index (χ4n) is 3.29. The number of alkyl halides is 3. The van der Waals surface area contributed by atoms with E-state index in [-0.39, 0.29) is 24.9 Å². The lowest BCUT2D eigenvalue weighted by Gasteiger charge is -2.29. The van der Waals surface area contributed by atoms with Gasteiger partial charge in [-0.1, -0.05) is 0 Å². The molecule has 3 rings (SSSR count). The van der Waals surface area contributed by atoms with Crippen LogP contribution in [-0.2, 0) is 11.0 Å². The van der Waals surface area contributed by atoms with E-state index < -0.39 is 17.3 Å². The van der Waals surface area contributed by atoms with Crippen molar-refractivity contribution in [3.63, 3.8) is 0 Å². The number of carbonyl (C=O) groups excluding carboxylic acids is 1. The minimum absolute atomic E-state index is 0.0281. The van der Waals surface area contributed by atoms with E-state index in [0.717, 1.165) is 11.8 Å². The molecule has 0 radical (unpaired) electrons. The van der Waals surface area contributed by atoms with Gasteiger partial charge in [-0.2, -0.15) is 13.2 Å². The predicted octanol–water partition coefficient (Wildman–Crippen LogP) is 4.40. The molecule has 0 saturated carbocycles. The van der Waals surface area contributed by atoms with Gasteiger partial charge in [-0.15, -0.1) is 0 Å². The Morgan fingerprint density at radius 2 is 1.74 bits per heavy atom. The Bertz CT molecular complexity index is 1090. The molecule has 0 unspecified atom stereocenters. The van der Waals surface area contributed by atoms with Crippen molar-refractivity contribution < 1.29 is 27.8 Å². The van der Waals surface area contributed by atoms with Crippen LogP contribution in [0.2, 0.25) is 0 Å². The monoisotopic (exact) mass is 476 g/mol. The van der Waals surface area contributed by atoms with Crippen LogP contribution in [0.3, 0.4) is 0 Å². The second-order valence-electron chi connectivity index (χ2n) is 8.58. The quantitative estimate of drug-likeness (QED) is 0.478. The third kappa shape index (κ3) is 6.13. The van der Waals surface area contributed by atoms with E-state index in [1.807, 2.05) is 12.1 Å². The molecule has 2 N–H and O–H groups in total. The van der Waals surface area contributed by atoms with E-state index in [1.165, 1.54) is 6.20 Å². The number of nitrogens with one attached hydrogen (secondary N) is 1. The Balaban J connectivity index is 1.62. The highest BCUT2D eigenvalue weighted by molar-refractivity contribution is 5.81. The molecule has 1 amide bonds. The summed E-state index contributed by atoms with van der Waals surface area (Å²) in [6, 6.07) is 10.5. The standard InChI is InChI=1S/C24H27F3N4O3/c1-23(2,22(33)31(3)11-4-12-32)15-34-18-8-5-16(6-9-18)19-10-7-17(13-28-19)21-29-14-20(30-21)24(25,26)27/h5-10,13-14,32H,4,11-12,15H2,1-3H3,(H,29,30). The molecule has 2 heterocycles. The zero-order valence-electron chi connectivity index (χ0n) is 19.2. The molecule has 7 nitrogen and oxygen atoms in total. The summed E-state index contributed by atoms with van der Waals surface area (Å²) < 4.78 is 44.1. The van der Waals surface area contributed by atoms with Gasteiger partial charge in [0.15, 0.2) is 0 Å². The van der Waals surface area contributed by atoms with Crippen molar-refractivity contribution in [2.24, 2.45) is 5.41 Å². The second-order valence-corrected chi connectivity index (χ2v) is 8.58. The molecule has 182 valence electrons. The van der Waals surface area contributed by atoms with Crippen molar-refractivity contribution in [3.8, 4) is 28.4 Å². The first-order valence-corrected chi connectivity index (χ1v) is 10.7. The van der Waals surface area contributed by atoms with Crippen molar-refractivity contribution in [2.45, 2.75) is 26.4 Å². The van der Waals surface area contributed by atoms with Gasteiger partial charge < -0.3 is 19.7 Å². The molecular formula is C24H27F3N4O3. The number of aromatic amines is 1. The highest BCUT2D eigenvalue weighted by atomic mass is 19.4. The Hall–Kier alpha value is -3.40. The van der Waals surface area contributed by atoms with Crippen LogP contribution < -0.4 is 4.74 Å². The number of hydrogen-bond donors (Lipinski definition) is 2. The number of amides is 1. The summed E-state index contributed by atoms with van der Waals surface area (Å²) in [7, 11) is 1.70. The summed E-state index contributed by atoms with van der Waals surface area (Å²) in [6.45, 7) is 4.30. The van der Waals surface area contributed by atoms with E-state index in [4.69, 9.17) is 9.84 Å². The number of aliphatic hydroxyl groups is 1. The number of benzene rings is 1. The molecule has 34 heavy (non-hydrogen) atoms. The number of rotatable bonds is 9. The van der Waals surface area contributed by atoms with E-state index in [0.29, 0.717) is 30.0 Å². The van der Waals surface area contributed by atoms with Gasteiger partial charge in [0, 0.05) is 37.5 Å². The number of halogens is 3. The van der Waals surface area contributed by atoms with Gasteiger partial charge in [-0.05, 0) is 56.7 Å². The van der Waals surface area contributed by atoms with E-state index in [2.05, 4.69) is 15.0 Å². The van der Waals surface area contributed by atoms with Crippen LogP contribution >= 0.6 is 0 Å². The molecule has 0 saturated heterocycles. The molecule has 0 atom stereocenters. The minimum Gasteiger partial charge on any atom is -0.492 e. The van der Waals surface area contributed by atoms with Crippen molar-refractivity contribution >= 4 is 5.91 Å². The zero-order chi connectivity index (χ0) is 24.9. The second kappa shape index (κ2) is 10.3. The number of imidazole rings is 1. The molecular weight excluding hydrogens is 449 g/mol. The van der Waals surface area contributed by atoms with Crippen LogP contribution in [0.1, 0.15) is 26.0 Å². The van der Waals surface area contributed by atoms with Crippen LogP contribution in [-0.4, -0.2) is 57.7 Å². The molecule has 0 fully saturated rings. The SMILES string of the molecule is CN(CCCO)C(=O)C(C)(C)COc1ccc(-c2ccc(-c3ncc(C(F)(F)F)[nH]3)cn2)cc1. The number of aliphatic hydroxyl groups excluding tert-OH is 1. The maximum absolute atomic E-state index is 12.8. The maximum atomic E-state index is 12.8. The minimum atomic E-state index is -4.49. The summed E-state index contributed by atoms with van der Waals surface area (Å²) in [5.74, 6) is 0.615. The first-order chi connectivity index (χ1) is 16.0. The molecule has 1 aromatic carbocycles. The van der Waals surface area contributed by atoms with Crippen molar-refractivity contribution in [3.05, 3.63) is 54.5 Å². The van der Waals surface area contributed by atoms with Gasteiger partial charge in [0.2, 0.25) is 5.91 Å². The lowest BCUT2D eigenvalue weighted by Crippen LogP contribution is -2.42. The van der Waals surface area contributed by atoms with Gasteiger partial charge in [0.1, 0.15) is 23.9 Å². The first kappa shape index (κ1) is 25.2. The summed E-state index contributed by atoms with van der Waals surface area (Å²) >= 11 is 0. The normalized spacial score (nSPS) is 12.0. The fraction of sp³-hybridized carbons (Fsp3) is 0.375. The van der Waals surface area contributed by atoms with Crippen molar-refractivity contribution in [1.82, 2.24) is 19.9 Å². The van der Waals surface area contributed by atoms with Gasteiger partial charge in [-0.3, -0.25) is 9.78 Å². The summed E-state index contributed by atoms with van der Waals surface area (Å²) in [5.41, 5.74) is 0.226. The van der Waals surface area contributed by atoms with Gasteiger partial charge in [-0.25, -0.2) is 4.98 Å². The van der Waals surface area contributed by atoms with Crippen molar-refractivity contribution in [1.29, 1.82) is 0 Å². The fourth-order valence-corrected chi connectivity index (χ4v) is 3.29. The summed E-state index contributed by atoms with van der Waals surface area (Å²) in [5, 5.41) is 8.94. The van der Waals surface area contributed by atoms with Gasteiger partial charge >= 0.3 is 6.18 Å². The number of ether oxygens (including phenoxy) is 1. The average molecular weight is 476 g/mol. The van der Waals surface area contributed by atoms with E-state index in [1.54, 1.807) is 50.1 Å².